The Kier molecular flexibility index (Phi) is 5.76. The van der Waals surface area contributed by atoms with Gasteiger partial charge >= 0.3 is 6.09 Å². The van der Waals surface area contributed by atoms with E-state index in [9.17, 15) is 9.59 Å². The fourth-order valence-corrected chi connectivity index (χ4v) is 3.15. The average Bonchev–Trinajstić information content (AvgIpc) is 2.95. The van der Waals surface area contributed by atoms with Gasteiger partial charge in [0, 0.05) is 12.1 Å². The lowest BCUT2D eigenvalue weighted by atomic mass is 9.94. The molecule has 1 aromatic rings. The van der Waals surface area contributed by atoms with Crippen molar-refractivity contribution in [1.29, 1.82) is 0 Å². The van der Waals surface area contributed by atoms with E-state index in [0.29, 0.717) is 13.0 Å². The Labute approximate surface area is 150 Å². The van der Waals surface area contributed by atoms with Crippen LogP contribution in [0.5, 0.6) is 0 Å². The summed E-state index contributed by atoms with van der Waals surface area (Å²) in [6.07, 6.45) is 1.81. The summed E-state index contributed by atoms with van der Waals surface area (Å²) in [5.41, 5.74) is 0.219. The van der Waals surface area contributed by atoms with Crippen molar-refractivity contribution in [3.8, 4) is 0 Å². The van der Waals surface area contributed by atoms with E-state index >= 15 is 0 Å². The maximum absolute atomic E-state index is 12.8. The van der Waals surface area contributed by atoms with Crippen molar-refractivity contribution >= 4 is 12.0 Å². The summed E-state index contributed by atoms with van der Waals surface area (Å²) in [6, 6.07) is 9.62. The van der Waals surface area contributed by atoms with Crippen molar-refractivity contribution in [1.82, 2.24) is 10.2 Å². The third-order valence-electron chi connectivity index (χ3n) is 4.13. The second-order valence-electron chi connectivity index (χ2n) is 8.37. The lowest BCUT2D eigenvalue weighted by Gasteiger charge is -2.32. The molecule has 0 aromatic heterocycles. The molecule has 2 amide bonds. The van der Waals surface area contributed by atoms with Gasteiger partial charge in [0.25, 0.3) is 0 Å². The van der Waals surface area contributed by atoms with E-state index in [-0.39, 0.29) is 11.4 Å². The van der Waals surface area contributed by atoms with Crippen LogP contribution in [0.2, 0.25) is 0 Å². The van der Waals surface area contributed by atoms with Crippen LogP contribution in [-0.2, 0) is 16.0 Å². The summed E-state index contributed by atoms with van der Waals surface area (Å²) < 4.78 is 5.43. The van der Waals surface area contributed by atoms with Crippen LogP contribution in [0.15, 0.2) is 30.3 Å². The summed E-state index contributed by atoms with van der Waals surface area (Å²) >= 11 is 0. The van der Waals surface area contributed by atoms with E-state index in [1.807, 2.05) is 52.8 Å². The zero-order valence-electron chi connectivity index (χ0n) is 16.0. The minimum atomic E-state index is -0.562. The molecular formula is C20H30N2O3. The van der Waals surface area contributed by atoms with Crippen LogP contribution in [0.25, 0.3) is 0 Å². The molecule has 0 bridgehead atoms. The first kappa shape index (κ1) is 19.3. The van der Waals surface area contributed by atoms with Crippen molar-refractivity contribution in [3.63, 3.8) is 0 Å². The van der Waals surface area contributed by atoms with Crippen LogP contribution in [0.3, 0.4) is 0 Å². The highest BCUT2D eigenvalue weighted by Gasteiger charge is 2.38. The van der Waals surface area contributed by atoms with Gasteiger partial charge in [-0.25, -0.2) is 4.79 Å². The van der Waals surface area contributed by atoms with Gasteiger partial charge < -0.3 is 10.1 Å². The highest BCUT2D eigenvalue weighted by Crippen LogP contribution is 2.22. The van der Waals surface area contributed by atoms with Crippen molar-refractivity contribution in [2.45, 2.75) is 71.1 Å². The molecule has 1 aliphatic rings. The number of nitrogens with zero attached hydrogens (tertiary/aromatic N) is 1. The number of likely N-dealkylation sites (tertiary alicyclic amines) is 1. The summed E-state index contributed by atoms with van der Waals surface area (Å²) in [5.74, 6) is -0.107. The molecule has 0 radical (unpaired) electrons. The fraction of sp³-hybridized carbons (Fsp3) is 0.600. The number of hydrogen-bond acceptors (Lipinski definition) is 3. The predicted octanol–water partition coefficient (Wildman–Crippen LogP) is 3.52. The predicted molar refractivity (Wildman–Crippen MR) is 98.3 cm³/mol. The molecule has 25 heavy (non-hydrogen) atoms. The minimum Gasteiger partial charge on any atom is -0.444 e. The van der Waals surface area contributed by atoms with Gasteiger partial charge in [0.1, 0.15) is 11.6 Å². The standard InChI is InChI=1S/C20H30N2O3/c1-19(2,3)25-18(24)22-13-9-12-16(22)17(23)21-20(4,5)14-15-10-7-6-8-11-15/h6-8,10-11,16H,9,12-14H2,1-5H3,(H,21,23). The molecular weight excluding hydrogens is 316 g/mol. The van der Waals surface area contributed by atoms with Gasteiger partial charge in [0.05, 0.1) is 0 Å². The monoisotopic (exact) mass is 346 g/mol. The second kappa shape index (κ2) is 7.46. The van der Waals surface area contributed by atoms with Gasteiger partial charge in [0.15, 0.2) is 0 Å². The molecule has 5 nitrogen and oxygen atoms in total. The molecule has 1 atom stereocenters. The third-order valence-corrected chi connectivity index (χ3v) is 4.13. The van der Waals surface area contributed by atoms with E-state index in [4.69, 9.17) is 4.74 Å². The number of ether oxygens (including phenoxy) is 1. The van der Waals surface area contributed by atoms with Crippen molar-refractivity contribution in [2.75, 3.05) is 6.54 Å². The first-order chi connectivity index (χ1) is 11.6. The molecule has 1 saturated heterocycles. The van der Waals surface area contributed by atoms with Crippen molar-refractivity contribution in [3.05, 3.63) is 35.9 Å². The fourth-order valence-electron chi connectivity index (χ4n) is 3.15. The number of rotatable bonds is 4. The van der Waals surface area contributed by atoms with Gasteiger partial charge in [-0.3, -0.25) is 9.69 Å². The summed E-state index contributed by atoms with van der Waals surface area (Å²) in [4.78, 5) is 26.7. The van der Waals surface area contributed by atoms with Gasteiger partial charge in [0.2, 0.25) is 5.91 Å². The SMILES string of the molecule is CC(C)(Cc1ccccc1)NC(=O)C1CCCN1C(=O)OC(C)(C)C. The van der Waals surface area contributed by atoms with E-state index in [0.717, 1.165) is 12.8 Å². The van der Waals surface area contributed by atoms with E-state index in [2.05, 4.69) is 17.4 Å². The Morgan fingerprint density at radius 3 is 2.40 bits per heavy atom. The Morgan fingerprint density at radius 2 is 1.80 bits per heavy atom. The van der Waals surface area contributed by atoms with E-state index < -0.39 is 17.7 Å². The molecule has 1 aliphatic heterocycles. The van der Waals surface area contributed by atoms with Crippen molar-refractivity contribution < 1.29 is 14.3 Å². The van der Waals surface area contributed by atoms with E-state index in [1.54, 1.807) is 4.90 Å². The van der Waals surface area contributed by atoms with Gasteiger partial charge in [-0.1, -0.05) is 30.3 Å². The van der Waals surface area contributed by atoms with Gasteiger partial charge in [-0.05, 0) is 59.4 Å². The zero-order valence-corrected chi connectivity index (χ0v) is 16.0. The smallest absolute Gasteiger partial charge is 0.410 e. The number of amides is 2. The normalized spacial score (nSPS) is 18.1. The molecule has 0 aliphatic carbocycles. The van der Waals surface area contributed by atoms with Gasteiger partial charge in [-0.15, -0.1) is 0 Å². The lowest BCUT2D eigenvalue weighted by Crippen LogP contribution is -2.53. The highest BCUT2D eigenvalue weighted by molar-refractivity contribution is 5.86. The minimum absolute atomic E-state index is 0.107. The number of nitrogens with one attached hydrogen (secondary N) is 1. The molecule has 1 unspecified atom stereocenters. The molecule has 0 saturated carbocycles. The van der Waals surface area contributed by atoms with E-state index in [1.165, 1.54) is 5.56 Å². The number of carbonyl (C=O) groups is 2. The molecule has 138 valence electrons. The number of hydrogen-bond donors (Lipinski definition) is 1. The van der Waals surface area contributed by atoms with Crippen LogP contribution >= 0.6 is 0 Å². The molecule has 0 spiro atoms. The van der Waals surface area contributed by atoms with Crippen LogP contribution in [0.4, 0.5) is 4.79 Å². The quantitative estimate of drug-likeness (QED) is 0.907. The lowest BCUT2D eigenvalue weighted by molar-refractivity contribution is -0.127. The third kappa shape index (κ3) is 5.76. The Balaban J connectivity index is 1.99. The number of carbonyl (C=O) groups excluding carboxylic acids is 2. The first-order valence-corrected chi connectivity index (χ1v) is 8.93. The van der Waals surface area contributed by atoms with Crippen LogP contribution in [0, 0.1) is 0 Å². The summed E-state index contributed by atoms with van der Waals surface area (Å²) in [5, 5.41) is 3.11. The highest BCUT2D eigenvalue weighted by atomic mass is 16.6. The largest absolute Gasteiger partial charge is 0.444 e. The molecule has 1 N–H and O–H groups in total. The second-order valence-corrected chi connectivity index (χ2v) is 8.37. The molecule has 5 heteroatoms. The Morgan fingerprint density at radius 1 is 1.16 bits per heavy atom. The topological polar surface area (TPSA) is 58.6 Å². The Hall–Kier alpha value is -2.04. The maximum atomic E-state index is 12.8. The van der Waals surface area contributed by atoms with Crippen LogP contribution < -0.4 is 5.32 Å². The number of benzene rings is 1. The average molecular weight is 346 g/mol. The van der Waals surface area contributed by atoms with Crippen LogP contribution in [-0.4, -0.2) is 40.6 Å². The van der Waals surface area contributed by atoms with Crippen LogP contribution in [0.1, 0.15) is 53.0 Å². The first-order valence-electron chi connectivity index (χ1n) is 8.93. The summed E-state index contributed by atoms with van der Waals surface area (Å²) in [6.45, 7) is 10.1. The van der Waals surface area contributed by atoms with Gasteiger partial charge in [-0.2, -0.15) is 0 Å². The molecule has 1 fully saturated rings. The van der Waals surface area contributed by atoms with Crippen molar-refractivity contribution in [2.24, 2.45) is 0 Å². The summed E-state index contributed by atoms with van der Waals surface area (Å²) in [7, 11) is 0. The molecule has 1 aromatic carbocycles. The zero-order chi connectivity index (χ0) is 18.7. The maximum Gasteiger partial charge on any atom is 0.410 e. The molecule has 2 rings (SSSR count). The Bertz CT molecular complexity index is 605. The molecule has 1 heterocycles.